The fraction of sp³-hybridized carbons (Fsp3) is 0.250. The van der Waals surface area contributed by atoms with E-state index in [2.05, 4.69) is 10.2 Å². The Bertz CT molecular complexity index is 909. The molecule has 0 fully saturated rings. The van der Waals surface area contributed by atoms with Crippen LogP contribution in [-0.2, 0) is 11.2 Å². The molecule has 0 saturated heterocycles. The predicted molar refractivity (Wildman–Crippen MR) is 107 cm³/mol. The summed E-state index contributed by atoms with van der Waals surface area (Å²) in [6, 6.07) is 15.2. The molecule has 0 saturated carbocycles. The van der Waals surface area contributed by atoms with E-state index in [1.54, 1.807) is 14.2 Å². The summed E-state index contributed by atoms with van der Waals surface area (Å²) >= 11 is 1.38. The lowest BCUT2D eigenvalue weighted by Crippen LogP contribution is -2.27. The molecule has 6 nitrogen and oxygen atoms in total. The minimum atomic E-state index is -0.0577. The molecule has 1 heterocycles. The van der Waals surface area contributed by atoms with Crippen LogP contribution < -0.4 is 14.4 Å². The Morgan fingerprint density at radius 1 is 1.11 bits per heavy atom. The van der Waals surface area contributed by atoms with Crippen LogP contribution in [0.25, 0.3) is 10.6 Å². The molecule has 0 radical (unpaired) electrons. The number of hydrogen-bond donors (Lipinski definition) is 0. The van der Waals surface area contributed by atoms with Crippen molar-refractivity contribution in [3.05, 3.63) is 54.1 Å². The minimum absolute atomic E-state index is 0.0577. The first kappa shape index (κ1) is 18.8. The van der Waals surface area contributed by atoms with Gasteiger partial charge in [-0.1, -0.05) is 23.5 Å². The highest BCUT2D eigenvalue weighted by molar-refractivity contribution is 7.18. The molecule has 3 rings (SSSR count). The molecule has 0 aliphatic rings. The molecule has 140 valence electrons. The normalized spacial score (nSPS) is 10.5. The zero-order chi connectivity index (χ0) is 19.2. The summed E-state index contributed by atoms with van der Waals surface area (Å²) in [5.41, 5.74) is 1.83. The van der Waals surface area contributed by atoms with Gasteiger partial charge in [0.15, 0.2) is 0 Å². The Labute approximate surface area is 162 Å². The number of anilines is 1. The van der Waals surface area contributed by atoms with Gasteiger partial charge in [-0.2, -0.15) is 0 Å². The third-order valence-electron chi connectivity index (χ3n) is 3.98. The zero-order valence-electron chi connectivity index (χ0n) is 15.5. The van der Waals surface area contributed by atoms with E-state index in [1.165, 1.54) is 16.2 Å². The molecule has 3 aromatic rings. The largest absolute Gasteiger partial charge is 0.497 e. The van der Waals surface area contributed by atoms with Crippen molar-refractivity contribution >= 4 is 22.4 Å². The van der Waals surface area contributed by atoms with E-state index in [0.717, 1.165) is 27.6 Å². The molecule has 0 N–H and O–H groups in total. The van der Waals surface area contributed by atoms with E-state index in [9.17, 15) is 4.79 Å². The number of likely N-dealkylation sites (N-methyl/N-ethyl adjacent to an activating group) is 1. The number of benzene rings is 2. The minimum Gasteiger partial charge on any atom is -0.497 e. The molecule has 0 unspecified atom stereocenters. The lowest BCUT2D eigenvalue weighted by molar-refractivity contribution is -0.117. The van der Waals surface area contributed by atoms with Gasteiger partial charge >= 0.3 is 0 Å². The fourth-order valence-corrected chi connectivity index (χ4v) is 3.34. The van der Waals surface area contributed by atoms with Crippen LogP contribution in [0.4, 0.5) is 5.13 Å². The summed E-state index contributed by atoms with van der Waals surface area (Å²) in [4.78, 5) is 14.1. The fourth-order valence-electron chi connectivity index (χ4n) is 2.51. The second-order valence-corrected chi connectivity index (χ2v) is 6.78. The van der Waals surface area contributed by atoms with E-state index < -0.39 is 0 Å². The molecule has 1 amide bonds. The lowest BCUT2D eigenvalue weighted by Gasteiger charge is -2.13. The third-order valence-corrected chi connectivity index (χ3v) is 5.03. The zero-order valence-corrected chi connectivity index (χ0v) is 16.3. The van der Waals surface area contributed by atoms with E-state index >= 15 is 0 Å². The molecule has 2 aromatic carbocycles. The average Bonchev–Trinajstić information content (AvgIpc) is 3.18. The molecule has 0 aliphatic carbocycles. The summed E-state index contributed by atoms with van der Waals surface area (Å²) in [5.74, 6) is 1.49. The van der Waals surface area contributed by atoms with Crippen molar-refractivity contribution in [2.24, 2.45) is 0 Å². The first-order valence-corrected chi connectivity index (χ1v) is 9.38. The SMILES string of the molecule is CCOc1ccc(-c2nnc(N(C)C(=O)Cc3cccc(OC)c3)s2)cc1. The van der Waals surface area contributed by atoms with Crippen LogP contribution in [0.2, 0.25) is 0 Å². The molecule has 27 heavy (non-hydrogen) atoms. The van der Waals surface area contributed by atoms with Crippen molar-refractivity contribution in [2.45, 2.75) is 13.3 Å². The monoisotopic (exact) mass is 383 g/mol. The standard InChI is InChI=1S/C20H21N3O3S/c1-4-26-16-10-8-15(9-11-16)19-21-22-20(27-19)23(2)18(24)13-14-6-5-7-17(12-14)25-3/h5-12H,4,13H2,1-3H3. The maximum Gasteiger partial charge on any atom is 0.232 e. The Morgan fingerprint density at radius 2 is 1.89 bits per heavy atom. The number of rotatable bonds is 7. The molecule has 0 aliphatic heterocycles. The second kappa shape index (κ2) is 8.64. The smallest absolute Gasteiger partial charge is 0.232 e. The van der Waals surface area contributed by atoms with Gasteiger partial charge < -0.3 is 9.47 Å². The summed E-state index contributed by atoms with van der Waals surface area (Å²) in [7, 11) is 3.32. The van der Waals surface area contributed by atoms with Crippen LogP contribution in [0.1, 0.15) is 12.5 Å². The second-order valence-electron chi connectivity index (χ2n) is 5.83. The summed E-state index contributed by atoms with van der Waals surface area (Å²) < 4.78 is 10.7. The number of amides is 1. The average molecular weight is 383 g/mol. The van der Waals surface area contributed by atoms with Gasteiger partial charge in [0.2, 0.25) is 11.0 Å². The highest BCUT2D eigenvalue weighted by atomic mass is 32.1. The first-order valence-electron chi connectivity index (χ1n) is 8.57. The topological polar surface area (TPSA) is 64.6 Å². The number of carbonyl (C=O) groups is 1. The third kappa shape index (κ3) is 4.62. The number of ether oxygens (including phenoxy) is 2. The van der Waals surface area contributed by atoms with Gasteiger partial charge in [0, 0.05) is 12.6 Å². The number of methoxy groups -OCH3 is 1. The number of nitrogens with zero attached hydrogens (tertiary/aromatic N) is 3. The van der Waals surface area contributed by atoms with Gasteiger partial charge in [0.25, 0.3) is 0 Å². The van der Waals surface area contributed by atoms with E-state index in [0.29, 0.717) is 11.7 Å². The van der Waals surface area contributed by atoms with E-state index in [-0.39, 0.29) is 12.3 Å². The number of aromatic nitrogens is 2. The maximum absolute atomic E-state index is 12.6. The Kier molecular flexibility index (Phi) is 6.03. The van der Waals surface area contributed by atoms with Crippen LogP contribution >= 0.6 is 11.3 Å². The van der Waals surface area contributed by atoms with Gasteiger partial charge in [-0.15, -0.1) is 10.2 Å². The van der Waals surface area contributed by atoms with Crippen molar-refractivity contribution in [1.82, 2.24) is 10.2 Å². The molecular weight excluding hydrogens is 362 g/mol. The summed E-state index contributed by atoms with van der Waals surface area (Å²) in [5, 5.41) is 9.70. The number of carbonyl (C=O) groups excluding carboxylic acids is 1. The molecule has 7 heteroatoms. The van der Waals surface area contributed by atoms with Crippen molar-refractivity contribution in [3.8, 4) is 22.1 Å². The Balaban J connectivity index is 1.70. The van der Waals surface area contributed by atoms with Gasteiger partial charge in [0.05, 0.1) is 20.1 Å². The predicted octanol–water partition coefficient (Wildman–Crippen LogP) is 3.82. The van der Waals surface area contributed by atoms with Crippen LogP contribution in [0.15, 0.2) is 48.5 Å². The van der Waals surface area contributed by atoms with Crippen LogP contribution in [0.5, 0.6) is 11.5 Å². The van der Waals surface area contributed by atoms with Crippen molar-refractivity contribution < 1.29 is 14.3 Å². The van der Waals surface area contributed by atoms with Gasteiger partial charge in [-0.05, 0) is 48.9 Å². The first-order chi connectivity index (χ1) is 13.1. The lowest BCUT2D eigenvalue weighted by atomic mass is 10.1. The van der Waals surface area contributed by atoms with Crippen LogP contribution in [0, 0.1) is 0 Å². The molecular formula is C20H21N3O3S. The molecule has 0 atom stereocenters. The molecule has 0 bridgehead atoms. The summed E-state index contributed by atoms with van der Waals surface area (Å²) in [6.45, 7) is 2.58. The van der Waals surface area contributed by atoms with Crippen molar-refractivity contribution in [2.75, 3.05) is 25.7 Å². The van der Waals surface area contributed by atoms with Gasteiger partial charge in [-0.3, -0.25) is 9.69 Å². The maximum atomic E-state index is 12.6. The number of hydrogen-bond acceptors (Lipinski definition) is 6. The quantitative estimate of drug-likeness (QED) is 0.621. The highest BCUT2D eigenvalue weighted by Crippen LogP contribution is 2.29. The van der Waals surface area contributed by atoms with Crippen LogP contribution in [0.3, 0.4) is 0 Å². The molecule has 1 aromatic heterocycles. The van der Waals surface area contributed by atoms with Crippen LogP contribution in [-0.4, -0.2) is 36.9 Å². The van der Waals surface area contributed by atoms with Crippen molar-refractivity contribution in [1.29, 1.82) is 0 Å². The summed E-state index contributed by atoms with van der Waals surface area (Å²) in [6.07, 6.45) is 0.270. The highest BCUT2D eigenvalue weighted by Gasteiger charge is 2.17. The Morgan fingerprint density at radius 3 is 2.59 bits per heavy atom. The van der Waals surface area contributed by atoms with E-state index in [1.807, 2.05) is 55.5 Å². The Hall–Kier alpha value is -2.93. The van der Waals surface area contributed by atoms with E-state index in [4.69, 9.17) is 9.47 Å². The van der Waals surface area contributed by atoms with Gasteiger partial charge in [0.1, 0.15) is 16.5 Å². The molecule has 0 spiro atoms. The van der Waals surface area contributed by atoms with Gasteiger partial charge in [-0.25, -0.2) is 0 Å². The van der Waals surface area contributed by atoms with Crippen molar-refractivity contribution in [3.63, 3.8) is 0 Å².